The number of amides is 2. The second-order valence-corrected chi connectivity index (χ2v) is 9.70. The second-order valence-electron chi connectivity index (χ2n) is 9.70. The van der Waals surface area contributed by atoms with Gasteiger partial charge >= 0.3 is 6.18 Å². The van der Waals surface area contributed by atoms with Gasteiger partial charge in [0.1, 0.15) is 0 Å². The number of aromatic amines is 1. The van der Waals surface area contributed by atoms with Gasteiger partial charge in [0.05, 0.1) is 5.56 Å². The Labute approximate surface area is 197 Å². The van der Waals surface area contributed by atoms with Gasteiger partial charge in [0.25, 0.3) is 5.91 Å². The molecule has 1 aromatic heterocycles. The van der Waals surface area contributed by atoms with E-state index < -0.39 is 11.7 Å². The molecule has 0 saturated carbocycles. The molecular weight excluding hydrogens is 445 g/mol. The molecule has 6 nitrogen and oxygen atoms in total. The number of hydrogen-bond acceptors (Lipinski definition) is 3. The standard InChI is InChI=1S/C25H31F3N4O2/c1-16(2)14-22(33)32-11-5-8-21-19(15-32)23(30-29-21)24(34)31-12-9-17(10-13-31)18-6-3-4-7-20(18)25(26,27)28/h3-4,6-7,16-17H,5,8-15H2,1-2H3,(H,29,30). The van der Waals surface area contributed by atoms with Crippen molar-refractivity contribution in [1.82, 2.24) is 20.0 Å². The predicted molar refractivity (Wildman–Crippen MR) is 121 cm³/mol. The Morgan fingerprint density at radius 1 is 1.12 bits per heavy atom. The summed E-state index contributed by atoms with van der Waals surface area (Å²) in [7, 11) is 0. The third-order valence-corrected chi connectivity index (χ3v) is 6.78. The van der Waals surface area contributed by atoms with E-state index in [4.69, 9.17) is 0 Å². The number of likely N-dealkylation sites (tertiary alicyclic amines) is 1. The predicted octanol–water partition coefficient (Wildman–Crippen LogP) is 4.77. The Hall–Kier alpha value is -2.84. The third kappa shape index (κ3) is 5.13. The van der Waals surface area contributed by atoms with Gasteiger partial charge in [-0.15, -0.1) is 0 Å². The van der Waals surface area contributed by atoms with Crippen molar-refractivity contribution in [3.63, 3.8) is 0 Å². The minimum atomic E-state index is -4.39. The first-order valence-corrected chi connectivity index (χ1v) is 11.9. The Balaban J connectivity index is 1.46. The molecule has 9 heteroatoms. The van der Waals surface area contributed by atoms with E-state index in [0.29, 0.717) is 56.7 Å². The number of halogens is 3. The topological polar surface area (TPSA) is 69.3 Å². The van der Waals surface area contributed by atoms with E-state index in [1.54, 1.807) is 21.9 Å². The van der Waals surface area contributed by atoms with Crippen LogP contribution in [0, 0.1) is 5.92 Å². The number of carbonyl (C=O) groups is 2. The molecule has 0 spiro atoms. The van der Waals surface area contributed by atoms with Crippen LogP contribution in [0.1, 0.15) is 78.3 Å². The van der Waals surface area contributed by atoms with Crippen molar-refractivity contribution < 1.29 is 22.8 Å². The van der Waals surface area contributed by atoms with E-state index in [2.05, 4.69) is 10.2 Å². The molecule has 1 aromatic carbocycles. The van der Waals surface area contributed by atoms with Gasteiger partial charge in [-0.1, -0.05) is 32.0 Å². The fourth-order valence-corrected chi connectivity index (χ4v) is 5.02. The van der Waals surface area contributed by atoms with Gasteiger partial charge < -0.3 is 9.80 Å². The SMILES string of the molecule is CC(C)CC(=O)N1CCCc2[nH]nc(C(=O)N3CCC(c4ccccc4C(F)(F)F)CC3)c2C1. The van der Waals surface area contributed by atoms with E-state index in [0.717, 1.165) is 30.2 Å². The number of fused-ring (bicyclic) bond motifs is 1. The van der Waals surface area contributed by atoms with E-state index in [1.165, 1.54) is 6.07 Å². The van der Waals surface area contributed by atoms with Crippen LogP contribution in [0.25, 0.3) is 0 Å². The highest BCUT2D eigenvalue weighted by Gasteiger charge is 2.37. The molecule has 0 unspecified atom stereocenters. The minimum Gasteiger partial charge on any atom is -0.338 e. The number of hydrogen-bond donors (Lipinski definition) is 1. The molecule has 2 aliphatic rings. The number of H-pyrrole nitrogens is 1. The molecule has 0 atom stereocenters. The molecule has 1 saturated heterocycles. The molecule has 0 bridgehead atoms. The normalized spacial score (nSPS) is 17.6. The molecule has 4 rings (SSSR count). The van der Waals surface area contributed by atoms with Crippen molar-refractivity contribution in [2.24, 2.45) is 5.92 Å². The quantitative estimate of drug-likeness (QED) is 0.691. The van der Waals surface area contributed by atoms with Crippen LogP contribution in [-0.4, -0.2) is 51.4 Å². The number of alkyl halides is 3. The fourth-order valence-electron chi connectivity index (χ4n) is 5.02. The zero-order valence-corrected chi connectivity index (χ0v) is 19.6. The Bertz CT molecular complexity index is 1040. The van der Waals surface area contributed by atoms with E-state index in [9.17, 15) is 22.8 Å². The maximum Gasteiger partial charge on any atom is 0.416 e. The summed E-state index contributed by atoms with van der Waals surface area (Å²) >= 11 is 0. The summed E-state index contributed by atoms with van der Waals surface area (Å²) in [4.78, 5) is 29.5. The monoisotopic (exact) mass is 476 g/mol. The van der Waals surface area contributed by atoms with Gasteiger partial charge in [-0.2, -0.15) is 18.3 Å². The maximum atomic E-state index is 13.4. The summed E-state index contributed by atoms with van der Waals surface area (Å²) in [5.74, 6) is -0.142. The van der Waals surface area contributed by atoms with Crippen LogP contribution in [0.4, 0.5) is 13.2 Å². The lowest BCUT2D eigenvalue weighted by Crippen LogP contribution is -2.39. The Morgan fingerprint density at radius 3 is 2.50 bits per heavy atom. The van der Waals surface area contributed by atoms with Gasteiger partial charge in [0.15, 0.2) is 5.69 Å². The average Bonchev–Trinajstić information content (AvgIpc) is 3.07. The van der Waals surface area contributed by atoms with Crippen LogP contribution in [0.2, 0.25) is 0 Å². The van der Waals surface area contributed by atoms with Crippen molar-refractivity contribution in [3.8, 4) is 0 Å². The zero-order chi connectivity index (χ0) is 24.5. The second kappa shape index (κ2) is 9.80. The molecule has 3 heterocycles. The third-order valence-electron chi connectivity index (χ3n) is 6.78. The van der Waals surface area contributed by atoms with Crippen molar-refractivity contribution in [3.05, 3.63) is 52.3 Å². The van der Waals surface area contributed by atoms with Crippen LogP contribution in [-0.2, 0) is 23.9 Å². The summed E-state index contributed by atoms with van der Waals surface area (Å²) in [5.41, 5.74) is 1.69. The first-order chi connectivity index (χ1) is 16.1. The first kappa shape index (κ1) is 24.3. The summed E-state index contributed by atoms with van der Waals surface area (Å²) in [5, 5.41) is 7.27. The molecule has 2 aliphatic heterocycles. The smallest absolute Gasteiger partial charge is 0.338 e. The number of nitrogens with zero attached hydrogens (tertiary/aromatic N) is 3. The number of aromatic nitrogens is 2. The van der Waals surface area contributed by atoms with Gasteiger partial charge in [-0.05, 0) is 49.1 Å². The Kier molecular flexibility index (Phi) is 7.00. The highest BCUT2D eigenvalue weighted by molar-refractivity contribution is 5.94. The molecule has 0 aliphatic carbocycles. The fraction of sp³-hybridized carbons (Fsp3) is 0.560. The lowest BCUT2D eigenvalue weighted by molar-refractivity contribution is -0.138. The van der Waals surface area contributed by atoms with Crippen LogP contribution >= 0.6 is 0 Å². The van der Waals surface area contributed by atoms with Gasteiger partial charge in [-0.25, -0.2) is 0 Å². The van der Waals surface area contributed by atoms with Gasteiger partial charge in [0, 0.05) is 43.9 Å². The number of benzene rings is 1. The highest BCUT2D eigenvalue weighted by Crippen LogP contribution is 2.39. The van der Waals surface area contributed by atoms with E-state index in [1.807, 2.05) is 13.8 Å². The summed E-state index contributed by atoms with van der Waals surface area (Å²) in [6.07, 6.45) is -1.48. The van der Waals surface area contributed by atoms with Crippen LogP contribution in [0.5, 0.6) is 0 Å². The number of piperidine rings is 1. The Morgan fingerprint density at radius 2 is 1.82 bits per heavy atom. The van der Waals surface area contributed by atoms with Crippen LogP contribution < -0.4 is 0 Å². The summed E-state index contributed by atoms with van der Waals surface area (Å²) in [6, 6.07) is 5.70. The molecule has 2 aromatic rings. The highest BCUT2D eigenvalue weighted by atomic mass is 19.4. The number of nitrogens with one attached hydrogen (secondary N) is 1. The maximum absolute atomic E-state index is 13.4. The molecule has 184 valence electrons. The number of aryl methyl sites for hydroxylation is 1. The van der Waals surface area contributed by atoms with Crippen molar-refractivity contribution in [2.75, 3.05) is 19.6 Å². The molecular formula is C25H31F3N4O2. The van der Waals surface area contributed by atoms with E-state index in [-0.39, 0.29) is 23.7 Å². The van der Waals surface area contributed by atoms with Crippen LogP contribution in [0.15, 0.2) is 24.3 Å². The number of carbonyl (C=O) groups excluding carboxylic acids is 2. The summed E-state index contributed by atoms with van der Waals surface area (Å²) in [6.45, 7) is 5.75. The molecule has 1 fully saturated rings. The summed E-state index contributed by atoms with van der Waals surface area (Å²) < 4.78 is 40.3. The lowest BCUT2D eigenvalue weighted by atomic mass is 9.86. The number of rotatable bonds is 4. The largest absolute Gasteiger partial charge is 0.416 e. The van der Waals surface area contributed by atoms with Crippen molar-refractivity contribution in [2.45, 2.75) is 64.6 Å². The molecule has 2 amide bonds. The van der Waals surface area contributed by atoms with Crippen molar-refractivity contribution in [1.29, 1.82) is 0 Å². The molecule has 1 N–H and O–H groups in total. The first-order valence-electron chi connectivity index (χ1n) is 11.9. The van der Waals surface area contributed by atoms with Gasteiger partial charge in [-0.3, -0.25) is 14.7 Å². The lowest BCUT2D eigenvalue weighted by Gasteiger charge is -2.33. The molecule has 34 heavy (non-hydrogen) atoms. The molecule has 0 radical (unpaired) electrons. The van der Waals surface area contributed by atoms with Crippen LogP contribution in [0.3, 0.4) is 0 Å². The zero-order valence-electron chi connectivity index (χ0n) is 19.6. The average molecular weight is 477 g/mol. The van der Waals surface area contributed by atoms with E-state index >= 15 is 0 Å². The minimum absolute atomic E-state index is 0.0755. The van der Waals surface area contributed by atoms with Crippen molar-refractivity contribution >= 4 is 11.8 Å². The van der Waals surface area contributed by atoms with Gasteiger partial charge in [0.2, 0.25) is 5.91 Å².